The summed E-state index contributed by atoms with van der Waals surface area (Å²) < 4.78 is 0. The highest BCUT2D eigenvalue weighted by molar-refractivity contribution is 5.90. The first kappa shape index (κ1) is 25.1. The van der Waals surface area contributed by atoms with Crippen LogP contribution in [0.1, 0.15) is 56.4 Å². The molecule has 0 aromatic carbocycles. The van der Waals surface area contributed by atoms with Gasteiger partial charge in [-0.3, -0.25) is 9.78 Å². The normalized spacial score (nSPS) is 19.0. The van der Waals surface area contributed by atoms with Crippen LogP contribution in [0.25, 0.3) is 0 Å². The molecule has 188 valence electrons. The van der Waals surface area contributed by atoms with Gasteiger partial charge >= 0.3 is 5.97 Å². The zero-order chi connectivity index (χ0) is 24.8. The lowest BCUT2D eigenvalue weighted by atomic mass is 9.84. The standard InChI is InChI=1S/C27H37N5O3/c1-27(2,21-6-4-13-28-17-21)26(35)31-23(25(33)34)12-16-32-15-11-19(18-32)7-9-22-10-8-20-5-3-14-29-24(20)30-22/h4,6,8,10,13,17,19,23H,3,5,7,9,11-12,14-16,18H2,1-2H3,(H,29,30)(H,31,35)(H,33,34)/t19-,23?/m1/s1. The van der Waals surface area contributed by atoms with Crippen molar-refractivity contribution >= 4 is 17.7 Å². The zero-order valence-electron chi connectivity index (χ0n) is 20.8. The van der Waals surface area contributed by atoms with Gasteiger partial charge in [-0.15, -0.1) is 0 Å². The Balaban J connectivity index is 1.24. The number of amides is 1. The molecule has 1 saturated heterocycles. The fourth-order valence-corrected chi connectivity index (χ4v) is 4.98. The van der Waals surface area contributed by atoms with Gasteiger partial charge in [0.2, 0.25) is 5.91 Å². The molecule has 0 saturated carbocycles. The van der Waals surface area contributed by atoms with Gasteiger partial charge in [0.1, 0.15) is 11.9 Å². The molecule has 2 aliphatic rings. The number of nitrogens with zero attached hydrogens (tertiary/aromatic N) is 3. The highest BCUT2D eigenvalue weighted by Crippen LogP contribution is 2.25. The number of aliphatic carboxylic acids is 1. The second-order valence-corrected chi connectivity index (χ2v) is 10.4. The number of carboxylic acids is 1. The van der Waals surface area contributed by atoms with Crippen LogP contribution in [-0.4, -0.2) is 64.1 Å². The lowest BCUT2D eigenvalue weighted by molar-refractivity contribution is -0.142. The molecule has 8 heteroatoms. The average molecular weight is 480 g/mol. The number of hydrogen-bond acceptors (Lipinski definition) is 6. The summed E-state index contributed by atoms with van der Waals surface area (Å²) in [5.41, 5.74) is 2.35. The van der Waals surface area contributed by atoms with E-state index >= 15 is 0 Å². The van der Waals surface area contributed by atoms with E-state index in [-0.39, 0.29) is 5.91 Å². The maximum atomic E-state index is 12.9. The molecule has 2 atom stereocenters. The summed E-state index contributed by atoms with van der Waals surface area (Å²) in [7, 11) is 0. The van der Waals surface area contributed by atoms with E-state index in [1.807, 2.05) is 6.07 Å². The number of carbonyl (C=O) groups excluding carboxylic acids is 1. The molecule has 1 amide bonds. The smallest absolute Gasteiger partial charge is 0.326 e. The molecule has 4 heterocycles. The predicted molar refractivity (Wildman–Crippen MR) is 135 cm³/mol. The molecule has 3 N–H and O–H groups in total. The van der Waals surface area contributed by atoms with E-state index in [1.54, 1.807) is 32.3 Å². The number of pyridine rings is 2. The summed E-state index contributed by atoms with van der Waals surface area (Å²) in [4.78, 5) is 36.0. The number of likely N-dealkylation sites (tertiary alicyclic amines) is 1. The van der Waals surface area contributed by atoms with Crippen LogP contribution >= 0.6 is 0 Å². The maximum Gasteiger partial charge on any atom is 0.326 e. The van der Waals surface area contributed by atoms with Gasteiger partial charge in [0.05, 0.1) is 5.41 Å². The summed E-state index contributed by atoms with van der Waals surface area (Å²) in [5, 5.41) is 15.9. The number of hydrogen-bond donors (Lipinski definition) is 3. The second-order valence-electron chi connectivity index (χ2n) is 10.4. The fraction of sp³-hybridized carbons (Fsp3) is 0.556. The number of aromatic nitrogens is 2. The monoisotopic (exact) mass is 479 g/mol. The van der Waals surface area contributed by atoms with Crippen LogP contribution in [0.3, 0.4) is 0 Å². The Hall–Kier alpha value is -3.00. The van der Waals surface area contributed by atoms with Crippen molar-refractivity contribution in [2.45, 2.75) is 63.8 Å². The summed E-state index contributed by atoms with van der Waals surface area (Å²) in [6, 6.07) is 7.07. The third-order valence-electron chi connectivity index (χ3n) is 7.42. The van der Waals surface area contributed by atoms with E-state index in [9.17, 15) is 14.7 Å². The van der Waals surface area contributed by atoms with Gasteiger partial charge < -0.3 is 20.6 Å². The van der Waals surface area contributed by atoms with Gasteiger partial charge in [-0.25, -0.2) is 9.78 Å². The lowest BCUT2D eigenvalue weighted by Crippen LogP contribution is -2.49. The number of carboxylic acid groups (broad SMARTS) is 1. The van der Waals surface area contributed by atoms with E-state index in [1.165, 1.54) is 12.0 Å². The Labute approximate surface area is 207 Å². The molecular weight excluding hydrogens is 442 g/mol. The number of aryl methyl sites for hydroxylation is 2. The summed E-state index contributed by atoms with van der Waals surface area (Å²) in [6.07, 6.45) is 9.12. The van der Waals surface area contributed by atoms with Gasteiger partial charge in [0.15, 0.2) is 0 Å². The Morgan fingerprint density at radius 1 is 1.31 bits per heavy atom. The molecule has 4 rings (SSSR count). The molecule has 0 aliphatic carbocycles. The van der Waals surface area contributed by atoms with Crippen molar-refractivity contribution in [3.05, 3.63) is 53.5 Å². The molecular formula is C27H37N5O3. The second kappa shape index (κ2) is 11.2. The number of nitrogens with one attached hydrogen (secondary N) is 2. The molecule has 35 heavy (non-hydrogen) atoms. The van der Waals surface area contributed by atoms with Crippen molar-refractivity contribution in [2.75, 3.05) is 31.5 Å². The van der Waals surface area contributed by atoms with Crippen LogP contribution in [-0.2, 0) is 27.8 Å². The van der Waals surface area contributed by atoms with Crippen molar-refractivity contribution in [3.8, 4) is 0 Å². The summed E-state index contributed by atoms with van der Waals surface area (Å²) >= 11 is 0. The SMILES string of the molecule is CC(C)(C(=O)NC(CCN1CC[C@@H](CCc2ccc3c(n2)NCCC3)C1)C(=O)O)c1cccnc1. The van der Waals surface area contributed by atoms with Crippen LogP contribution < -0.4 is 10.6 Å². The minimum Gasteiger partial charge on any atom is -0.480 e. The molecule has 1 unspecified atom stereocenters. The number of carbonyl (C=O) groups is 2. The van der Waals surface area contributed by atoms with E-state index in [0.29, 0.717) is 18.9 Å². The van der Waals surface area contributed by atoms with Crippen LogP contribution in [0.5, 0.6) is 0 Å². The van der Waals surface area contributed by atoms with Crippen molar-refractivity contribution in [1.82, 2.24) is 20.2 Å². The minimum atomic E-state index is -0.997. The van der Waals surface area contributed by atoms with E-state index in [4.69, 9.17) is 4.98 Å². The van der Waals surface area contributed by atoms with E-state index < -0.39 is 17.4 Å². The first-order valence-corrected chi connectivity index (χ1v) is 12.7. The van der Waals surface area contributed by atoms with Gasteiger partial charge in [0, 0.05) is 37.7 Å². The molecule has 8 nitrogen and oxygen atoms in total. The fourth-order valence-electron chi connectivity index (χ4n) is 4.98. The Kier molecular flexibility index (Phi) is 8.00. The first-order valence-electron chi connectivity index (χ1n) is 12.7. The molecule has 0 bridgehead atoms. The zero-order valence-corrected chi connectivity index (χ0v) is 20.8. The van der Waals surface area contributed by atoms with Crippen molar-refractivity contribution < 1.29 is 14.7 Å². The Bertz CT molecular complexity index is 1030. The lowest BCUT2D eigenvalue weighted by Gasteiger charge is -2.27. The summed E-state index contributed by atoms with van der Waals surface area (Å²) in [6.45, 7) is 7.16. The Morgan fingerprint density at radius 3 is 2.94 bits per heavy atom. The van der Waals surface area contributed by atoms with Crippen molar-refractivity contribution in [3.63, 3.8) is 0 Å². The van der Waals surface area contributed by atoms with Crippen LogP contribution in [0, 0.1) is 5.92 Å². The quantitative estimate of drug-likeness (QED) is 0.481. The third-order valence-corrected chi connectivity index (χ3v) is 7.42. The van der Waals surface area contributed by atoms with Crippen molar-refractivity contribution in [2.24, 2.45) is 5.92 Å². The van der Waals surface area contributed by atoms with Gasteiger partial charge in [-0.1, -0.05) is 12.1 Å². The maximum absolute atomic E-state index is 12.9. The third kappa shape index (κ3) is 6.36. The number of fused-ring (bicyclic) bond motifs is 1. The topological polar surface area (TPSA) is 107 Å². The van der Waals surface area contributed by atoms with Gasteiger partial charge in [-0.05, 0) is 88.1 Å². The highest BCUT2D eigenvalue weighted by Gasteiger charge is 2.33. The van der Waals surface area contributed by atoms with E-state index in [2.05, 4.69) is 32.7 Å². The predicted octanol–water partition coefficient (Wildman–Crippen LogP) is 3.03. The largest absolute Gasteiger partial charge is 0.480 e. The van der Waals surface area contributed by atoms with Gasteiger partial charge in [-0.2, -0.15) is 0 Å². The number of rotatable bonds is 10. The molecule has 2 aromatic rings. The summed E-state index contributed by atoms with van der Waals surface area (Å²) in [5.74, 6) is 0.339. The van der Waals surface area contributed by atoms with Gasteiger partial charge in [0.25, 0.3) is 0 Å². The van der Waals surface area contributed by atoms with Crippen LogP contribution in [0.2, 0.25) is 0 Å². The molecule has 2 aromatic heterocycles. The van der Waals surface area contributed by atoms with Crippen molar-refractivity contribution in [1.29, 1.82) is 0 Å². The average Bonchev–Trinajstić information content (AvgIpc) is 3.33. The first-order chi connectivity index (χ1) is 16.8. The highest BCUT2D eigenvalue weighted by atomic mass is 16.4. The molecule has 2 aliphatic heterocycles. The molecule has 1 fully saturated rings. The molecule has 0 spiro atoms. The Morgan fingerprint density at radius 2 is 2.17 bits per heavy atom. The molecule has 0 radical (unpaired) electrons. The van der Waals surface area contributed by atoms with Crippen LogP contribution in [0.15, 0.2) is 36.7 Å². The number of anilines is 1. The minimum absolute atomic E-state index is 0.302. The van der Waals surface area contributed by atoms with Crippen LogP contribution in [0.4, 0.5) is 5.82 Å². The van der Waals surface area contributed by atoms with E-state index in [0.717, 1.165) is 62.4 Å².